The smallest absolute Gasteiger partial charge is 0.256 e. The average molecular weight is 435 g/mol. The molecule has 0 atom stereocenters. The molecule has 1 aliphatic rings. The molecule has 0 aliphatic carbocycles. The van der Waals surface area contributed by atoms with Crippen LogP contribution < -0.4 is 11.3 Å². The molecule has 164 valence electrons. The van der Waals surface area contributed by atoms with Gasteiger partial charge in [-0.25, -0.2) is 4.39 Å². The number of hydrogen-bond donors (Lipinski definition) is 1. The van der Waals surface area contributed by atoms with Gasteiger partial charge in [0.1, 0.15) is 11.6 Å². The van der Waals surface area contributed by atoms with E-state index in [1.807, 2.05) is 0 Å². The topological polar surface area (TPSA) is 94.6 Å². The minimum atomic E-state index is -0.452. The number of anilines is 1. The molecule has 0 spiro atoms. The van der Waals surface area contributed by atoms with Crippen LogP contribution in [0.1, 0.15) is 21.5 Å². The number of carbonyl (C=O) groups excluding carboxylic acids is 2. The lowest BCUT2D eigenvalue weighted by Gasteiger charge is -2.26. The van der Waals surface area contributed by atoms with Crippen LogP contribution in [0.2, 0.25) is 0 Å². The molecule has 8 heteroatoms. The third-order valence-electron chi connectivity index (χ3n) is 5.39. The molecular formula is C24H22FN3O4. The van der Waals surface area contributed by atoms with Crippen LogP contribution in [-0.2, 0) is 16.0 Å². The van der Waals surface area contributed by atoms with Crippen molar-refractivity contribution in [2.75, 3.05) is 32.0 Å². The van der Waals surface area contributed by atoms with Crippen molar-refractivity contribution in [3.05, 3.63) is 93.5 Å². The van der Waals surface area contributed by atoms with Crippen molar-refractivity contribution < 1.29 is 18.7 Å². The zero-order chi connectivity index (χ0) is 22.7. The van der Waals surface area contributed by atoms with Gasteiger partial charge in [-0.05, 0) is 48.0 Å². The molecule has 7 nitrogen and oxygen atoms in total. The summed E-state index contributed by atoms with van der Waals surface area (Å²) in [5.41, 5.74) is 7.49. The van der Waals surface area contributed by atoms with Crippen LogP contribution >= 0.6 is 0 Å². The predicted molar refractivity (Wildman–Crippen MR) is 117 cm³/mol. The Hall–Kier alpha value is -3.78. The summed E-state index contributed by atoms with van der Waals surface area (Å²) in [5.74, 6) is -0.857. The van der Waals surface area contributed by atoms with Crippen molar-refractivity contribution in [1.82, 2.24) is 9.47 Å². The number of amides is 1. The van der Waals surface area contributed by atoms with Gasteiger partial charge in [0.2, 0.25) is 5.91 Å². The fraction of sp³-hybridized carbons (Fsp3) is 0.208. The summed E-state index contributed by atoms with van der Waals surface area (Å²) in [7, 11) is 0. The molecule has 1 aromatic heterocycles. The molecule has 2 N–H and O–H groups in total. The first kappa shape index (κ1) is 21.5. The van der Waals surface area contributed by atoms with Crippen molar-refractivity contribution in [2.24, 2.45) is 0 Å². The van der Waals surface area contributed by atoms with Crippen molar-refractivity contribution in [3.8, 4) is 5.69 Å². The second-order valence-electron chi connectivity index (χ2n) is 7.48. The van der Waals surface area contributed by atoms with E-state index in [-0.39, 0.29) is 29.3 Å². The lowest BCUT2D eigenvalue weighted by Crippen LogP contribution is -2.41. The Bertz CT molecular complexity index is 1200. The van der Waals surface area contributed by atoms with Gasteiger partial charge in [-0.1, -0.05) is 12.1 Å². The van der Waals surface area contributed by atoms with Gasteiger partial charge < -0.3 is 15.4 Å². The second kappa shape index (κ2) is 9.15. The summed E-state index contributed by atoms with van der Waals surface area (Å²) in [6.07, 6.45) is 0.244. The first-order valence-corrected chi connectivity index (χ1v) is 10.2. The van der Waals surface area contributed by atoms with E-state index in [0.29, 0.717) is 32.0 Å². The molecule has 0 unspecified atom stereocenters. The zero-order valence-electron chi connectivity index (χ0n) is 17.3. The molecule has 3 aromatic rings. The quantitative estimate of drug-likeness (QED) is 0.620. The number of morpholine rings is 1. The van der Waals surface area contributed by atoms with Crippen LogP contribution in [0.4, 0.5) is 10.2 Å². The van der Waals surface area contributed by atoms with Crippen molar-refractivity contribution in [2.45, 2.75) is 6.42 Å². The highest BCUT2D eigenvalue weighted by Gasteiger charge is 2.19. The molecule has 1 aliphatic heterocycles. The van der Waals surface area contributed by atoms with E-state index in [2.05, 4.69) is 0 Å². The minimum absolute atomic E-state index is 0.0102. The molecule has 2 heterocycles. The molecule has 0 radical (unpaired) electrons. The van der Waals surface area contributed by atoms with Crippen LogP contribution in [0, 0.1) is 5.82 Å². The summed E-state index contributed by atoms with van der Waals surface area (Å²) in [6, 6.07) is 14.6. The van der Waals surface area contributed by atoms with Gasteiger partial charge >= 0.3 is 0 Å². The largest absolute Gasteiger partial charge is 0.384 e. The predicted octanol–water partition coefficient (Wildman–Crippen LogP) is 2.19. The van der Waals surface area contributed by atoms with Gasteiger partial charge in [0.05, 0.1) is 30.9 Å². The van der Waals surface area contributed by atoms with Gasteiger partial charge in [-0.3, -0.25) is 19.0 Å². The molecule has 32 heavy (non-hydrogen) atoms. The molecule has 0 saturated carbocycles. The van der Waals surface area contributed by atoms with E-state index < -0.39 is 17.2 Å². The standard InChI is InChI=1S/C24H22FN3O4/c25-18-5-3-17(4-6-18)23(31)20-9-10-21(29)28(24(20)26)19-7-1-16(2-8-19)15-22(30)27-11-13-32-14-12-27/h1-10H,11-15,26H2. The summed E-state index contributed by atoms with van der Waals surface area (Å²) in [6.45, 7) is 2.25. The number of halogens is 1. The monoisotopic (exact) mass is 435 g/mol. The van der Waals surface area contributed by atoms with Gasteiger partial charge in [0.15, 0.2) is 5.78 Å². The molecule has 4 rings (SSSR count). The number of nitrogens with two attached hydrogens (primary N) is 1. The van der Waals surface area contributed by atoms with Crippen LogP contribution in [0.25, 0.3) is 5.69 Å². The van der Waals surface area contributed by atoms with Crippen LogP contribution in [0.5, 0.6) is 0 Å². The third-order valence-corrected chi connectivity index (χ3v) is 5.39. The summed E-state index contributed by atoms with van der Waals surface area (Å²) < 4.78 is 19.7. The van der Waals surface area contributed by atoms with Crippen molar-refractivity contribution in [3.63, 3.8) is 0 Å². The number of rotatable bonds is 5. The maximum absolute atomic E-state index is 13.2. The molecule has 1 fully saturated rings. The van der Waals surface area contributed by atoms with Crippen molar-refractivity contribution in [1.29, 1.82) is 0 Å². The Kier molecular flexibility index (Phi) is 6.13. The number of carbonyl (C=O) groups is 2. The zero-order valence-corrected chi connectivity index (χ0v) is 17.3. The van der Waals surface area contributed by atoms with Crippen LogP contribution in [0.15, 0.2) is 65.5 Å². The maximum atomic E-state index is 13.2. The number of nitrogen functional groups attached to an aromatic ring is 1. The van der Waals surface area contributed by atoms with E-state index >= 15 is 0 Å². The van der Waals surface area contributed by atoms with E-state index in [9.17, 15) is 18.8 Å². The molecule has 1 saturated heterocycles. The highest BCUT2D eigenvalue weighted by Crippen LogP contribution is 2.20. The number of benzene rings is 2. The van der Waals surface area contributed by atoms with Crippen LogP contribution in [0.3, 0.4) is 0 Å². The Labute approximate surface area is 183 Å². The maximum Gasteiger partial charge on any atom is 0.256 e. The van der Waals surface area contributed by atoms with Gasteiger partial charge in [-0.15, -0.1) is 0 Å². The van der Waals surface area contributed by atoms with E-state index in [0.717, 1.165) is 5.56 Å². The molecule has 0 bridgehead atoms. The Morgan fingerprint density at radius 3 is 2.25 bits per heavy atom. The van der Waals surface area contributed by atoms with E-state index in [1.54, 1.807) is 29.2 Å². The van der Waals surface area contributed by atoms with E-state index in [1.165, 1.54) is 41.0 Å². The SMILES string of the molecule is Nc1c(C(=O)c2ccc(F)cc2)ccc(=O)n1-c1ccc(CC(=O)N2CCOCC2)cc1. The number of ether oxygens (including phenoxy) is 1. The van der Waals surface area contributed by atoms with Crippen molar-refractivity contribution >= 4 is 17.5 Å². The Balaban J connectivity index is 1.58. The number of nitrogens with zero attached hydrogens (tertiary/aromatic N) is 2. The first-order valence-electron chi connectivity index (χ1n) is 10.2. The number of ketones is 1. The summed E-state index contributed by atoms with van der Waals surface area (Å²) in [5, 5.41) is 0. The lowest BCUT2D eigenvalue weighted by molar-refractivity contribution is -0.134. The highest BCUT2D eigenvalue weighted by molar-refractivity contribution is 6.11. The average Bonchev–Trinajstić information content (AvgIpc) is 2.81. The number of aromatic nitrogens is 1. The third kappa shape index (κ3) is 4.45. The normalized spacial score (nSPS) is 13.7. The Morgan fingerprint density at radius 2 is 1.59 bits per heavy atom. The fourth-order valence-corrected chi connectivity index (χ4v) is 3.63. The van der Waals surface area contributed by atoms with Gasteiger partial charge in [0.25, 0.3) is 5.56 Å². The van der Waals surface area contributed by atoms with Crippen LogP contribution in [-0.4, -0.2) is 47.5 Å². The second-order valence-corrected chi connectivity index (χ2v) is 7.48. The first-order chi connectivity index (χ1) is 15.4. The molecular weight excluding hydrogens is 413 g/mol. The van der Waals surface area contributed by atoms with Gasteiger partial charge in [0, 0.05) is 24.7 Å². The number of pyridine rings is 1. The van der Waals surface area contributed by atoms with Gasteiger partial charge in [-0.2, -0.15) is 0 Å². The number of hydrogen-bond acceptors (Lipinski definition) is 5. The van der Waals surface area contributed by atoms with E-state index in [4.69, 9.17) is 10.5 Å². The molecule has 1 amide bonds. The molecule has 2 aromatic carbocycles. The Morgan fingerprint density at radius 1 is 0.938 bits per heavy atom. The fourth-order valence-electron chi connectivity index (χ4n) is 3.63. The summed E-state index contributed by atoms with van der Waals surface area (Å²) in [4.78, 5) is 39.6. The summed E-state index contributed by atoms with van der Waals surface area (Å²) >= 11 is 0. The minimum Gasteiger partial charge on any atom is -0.384 e. The highest BCUT2D eigenvalue weighted by atomic mass is 19.1. The lowest BCUT2D eigenvalue weighted by atomic mass is 10.0.